The molecule has 0 atom stereocenters. The quantitative estimate of drug-likeness (QED) is 0.257. The summed E-state index contributed by atoms with van der Waals surface area (Å²) < 4.78 is 51.4. The summed E-state index contributed by atoms with van der Waals surface area (Å²) in [6.07, 6.45) is -4.35. The van der Waals surface area contributed by atoms with E-state index in [4.69, 9.17) is 9.26 Å². The molecule has 1 aliphatic heterocycles. The molecule has 2 heterocycles. The standard InChI is InChI=1S/C30H31F3N4O2/c31-30(32,33)27-8-4-5-9-29(27)37-18-16-36(17-19-37)15-14-34-21-26-20-28(35-39-26)24-10-12-25(13-11-24)38-22-23-6-2-1-3-7-23/h1-13,20,34H,14-19,21-22H2. The maximum atomic E-state index is 13.4. The topological polar surface area (TPSA) is 53.8 Å². The van der Waals surface area contributed by atoms with Crippen LogP contribution in [0.2, 0.25) is 0 Å². The molecule has 6 nitrogen and oxygen atoms in total. The maximum absolute atomic E-state index is 13.4. The molecule has 1 aliphatic rings. The Morgan fingerprint density at radius 3 is 2.33 bits per heavy atom. The highest BCUT2D eigenvalue weighted by Crippen LogP contribution is 2.36. The number of benzene rings is 3. The van der Waals surface area contributed by atoms with E-state index < -0.39 is 11.7 Å². The number of alkyl halides is 3. The third kappa shape index (κ3) is 7.19. The van der Waals surface area contributed by atoms with Crippen LogP contribution in [-0.4, -0.2) is 49.3 Å². The molecule has 1 aromatic heterocycles. The molecule has 0 radical (unpaired) electrons. The average Bonchev–Trinajstić information content (AvgIpc) is 3.44. The Labute approximate surface area is 226 Å². The molecule has 5 rings (SSSR count). The number of hydrogen-bond acceptors (Lipinski definition) is 6. The first-order valence-electron chi connectivity index (χ1n) is 13.0. The molecule has 0 aliphatic carbocycles. The summed E-state index contributed by atoms with van der Waals surface area (Å²) in [6.45, 7) is 5.16. The highest BCUT2D eigenvalue weighted by Gasteiger charge is 2.35. The lowest BCUT2D eigenvalue weighted by Crippen LogP contribution is -2.48. The van der Waals surface area contributed by atoms with Gasteiger partial charge in [0.1, 0.15) is 18.1 Å². The van der Waals surface area contributed by atoms with Gasteiger partial charge < -0.3 is 19.5 Å². The highest BCUT2D eigenvalue weighted by atomic mass is 19.4. The Balaban J connectivity index is 1.03. The van der Waals surface area contributed by atoms with Gasteiger partial charge in [-0.2, -0.15) is 13.2 Å². The second-order valence-electron chi connectivity index (χ2n) is 9.50. The predicted octanol–water partition coefficient (Wildman–Crippen LogP) is 5.85. The van der Waals surface area contributed by atoms with Crippen molar-refractivity contribution in [2.24, 2.45) is 0 Å². The molecular weight excluding hydrogens is 505 g/mol. The summed E-state index contributed by atoms with van der Waals surface area (Å²) in [7, 11) is 0. The van der Waals surface area contributed by atoms with Crippen LogP contribution in [0.25, 0.3) is 11.3 Å². The SMILES string of the molecule is FC(F)(F)c1ccccc1N1CCN(CCNCc2cc(-c3ccc(OCc4ccccc4)cc3)no2)CC1. The number of aromatic nitrogens is 1. The van der Waals surface area contributed by atoms with Crippen molar-refractivity contribution < 1.29 is 22.4 Å². The van der Waals surface area contributed by atoms with Gasteiger partial charge in [-0.1, -0.05) is 47.6 Å². The first-order valence-corrected chi connectivity index (χ1v) is 13.0. The minimum absolute atomic E-state index is 0.262. The smallest absolute Gasteiger partial charge is 0.418 e. The van der Waals surface area contributed by atoms with Crippen molar-refractivity contribution in [1.29, 1.82) is 0 Å². The molecule has 0 saturated carbocycles. The fourth-order valence-electron chi connectivity index (χ4n) is 4.65. The Morgan fingerprint density at radius 1 is 0.872 bits per heavy atom. The third-order valence-corrected chi connectivity index (χ3v) is 6.78. The van der Waals surface area contributed by atoms with Crippen LogP contribution in [0.1, 0.15) is 16.9 Å². The zero-order valence-electron chi connectivity index (χ0n) is 21.5. The number of nitrogens with one attached hydrogen (secondary N) is 1. The Hall–Kier alpha value is -3.82. The van der Waals surface area contributed by atoms with Crippen LogP contribution < -0.4 is 15.0 Å². The summed E-state index contributed by atoms with van der Waals surface area (Å²) in [5, 5.41) is 7.56. The van der Waals surface area contributed by atoms with E-state index in [-0.39, 0.29) is 5.69 Å². The zero-order chi connectivity index (χ0) is 27.1. The number of halogens is 3. The second kappa shape index (κ2) is 12.4. The second-order valence-corrected chi connectivity index (χ2v) is 9.50. The fraction of sp³-hybridized carbons (Fsp3) is 0.300. The van der Waals surface area contributed by atoms with Crippen molar-refractivity contribution in [3.63, 3.8) is 0 Å². The van der Waals surface area contributed by atoms with E-state index in [9.17, 15) is 13.2 Å². The van der Waals surface area contributed by atoms with Gasteiger partial charge in [-0.15, -0.1) is 0 Å². The number of para-hydroxylation sites is 1. The van der Waals surface area contributed by atoms with E-state index in [1.54, 1.807) is 12.1 Å². The number of anilines is 1. The fourth-order valence-corrected chi connectivity index (χ4v) is 4.65. The Bertz CT molecular complexity index is 1320. The van der Waals surface area contributed by atoms with Crippen LogP contribution in [0.4, 0.5) is 18.9 Å². The first kappa shape index (κ1) is 26.8. The van der Waals surface area contributed by atoms with Crippen LogP contribution in [0, 0.1) is 0 Å². The van der Waals surface area contributed by atoms with E-state index in [1.165, 1.54) is 6.07 Å². The molecule has 204 valence electrons. The predicted molar refractivity (Wildman–Crippen MR) is 145 cm³/mol. The van der Waals surface area contributed by atoms with E-state index in [2.05, 4.69) is 15.4 Å². The van der Waals surface area contributed by atoms with Crippen molar-refractivity contribution in [1.82, 2.24) is 15.4 Å². The molecule has 0 spiro atoms. The van der Waals surface area contributed by atoms with Crippen LogP contribution in [0.3, 0.4) is 0 Å². The molecular formula is C30H31F3N4O2. The molecule has 0 bridgehead atoms. The van der Waals surface area contributed by atoms with Crippen LogP contribution >= 0.6 is 0 Å². The monoisotopic (exact) mass is 536 g/mol. The largest absolute Gasteiger partial charge is 0.489 e. The van der Waals surface area contributed by atoms with E-state index in [1.807, 2.05) is 65.6 Å². The summed E-state index contributed by atoms with van der Waals surface area (Å²) in [4.78, 5) is 4.08. The van der Waals surface area contributed by atoms with Crippen molar-refractivity contribution in [3.8, 4) is 17.0 Å². The maximum Gasteiger partial charge on any atom is 0.418 e. The normalized spacial score (nSPS) is 14.5. The number of rotatable bonds is 10. The van der Waals surface area contributed by atoms with Crippen LogP contribution in [0.5, 0.6) is 5.75 Å². The van der Waals surface area contributed by atoms with Crippen molar-refractivity contribution >= 4 is 5.69 Å². The number of ether oxygens (including phenoxy) is 1. The third-order valence-electron chi connectivity index (χ3n) is 6.78. The summed E-state index contributed by atoms with van der Waals surface area (Å²) in [5.41, 5.74) is 2.51. The Morgan fingerprint density at radius 2 is 1.59 bits per heavy atom. The van der Waals surface area contributed by atoms with E-state index >= 15 is 0 Å². The lowest BCUT2D eigenvalue weighted by atomic mass is 10.1. The number of hydrogen-bond donors (Lipinski definition) is 1. The first-order chi connectivity index (χ1) is 19.0. The average molecular weight is 537 g/mol. The van der Waals surface area contributed by atoms with Crippen molar-refractivity contribution in [2.45, 2.75) is 19.3 Å². The minimum Gasteiger partial charge on any atom is -0.489 e. The highest BCUT2D eigenvalue weighted by molar-refractivity contribution is 5.60. The summed E-state index contributed by atoms with van der Waals surface area (Å²) in [6, 6.07) is 25.5. The van der Waals surface area contributed by atoms with Gasteiger partial charge in [0.25, 0.3) is 0 Å². The lowest BCUT2D eigenvalue weighted by Gasteiger charge is -2.37. The zero-order valence-corrected chi connectivity index (χ0v) is 21.5. The number of piperazine rings is 1. The van der Waals surface area contributed by atoms with Crippen LogP contribution in [-0.2, 0) is 19.3 Å². The lowest BCUT2D eigenvalue weighted by molar-refractivity contribution is -0.137. The molecule has 0 unspecified atom stereocenters. The van der Waals surface area contributed by atoms with Gasteiger partial charge in [0, 0.05) is 56.6 Å². The molecule has 1 N–H and O–H groups in total. The van der Waals surface area contributed by atoms with Gasteiger partial charge in [-0.05, 0) is 42.0 Å². The molecule has 4 aromatic rings. The van der Waals surface area contributed by atoms with Gasteiger partial charge in [0.05, 0.1) is 12.1 Å². The molecule has 39 heavy (non-hydrogen) atoms. The molecule has 3 aromatic carbocycles. The summed E-state index contributed by atoms with van der Waals surface area (Å²) >= 11 is 0. The van der Waals surface area contributed by atoms with E-state index in [0.717, 1.165) is 47.5 Å². The van der Waals surface area contributed by atoms with Crippen molar-refractivity contribution in [3.05, 3.63) is 102 Å². The van der Waals surface area contributed by atoms with Gasteiger partial charge in [0.2, 0.25) is 0 Å². The minimum atomic E-state index is -4.35. The van der Waals surface area contributed by atoms with Crippen LogP contribution in [0.15, 0.2) is 89.5 Å². The molecule has 0 amide bonds. The number of nitrogens with zero attached hydrogens (tertiary/aromatic N) is 3. The molecule has 9 heteroatoms. The van der Waals surface area contributed by atoms with Gasteiger partial charge in [-0.3, -0.25) is 4.90 Å². The summed E-state index contributed by atoms with van der Waals surface area (Å²) in [5.74, 6) is 1.53. The van der Waals surface area contributed by atoms with Gasteiger partial charge in [0.15, 0.2) is 5.76 Å². The van der Waals surface area contributed by atoms with Gasteiger partial charge in [-0.25, -0.2) is 0 Å². The molecule has 1 fully saturated rings. The van der Waals surface area contributed by atoms with E-state index in [0.29, 0.717) is 39.3 Å². The van der Waals surface area contributed by atoms with Crippen molar-refractivity contribution in [2.75, 3.05) is 44.2 Å². The Kier molecular flexibility index (Phi) is 8.48. The van der Waals surface area contributed by atoms with Gasteiger partial charge >= 0.3 is 6.18 Å². The molecule has 1 saturated heterocycles.